The molecule has 0 aliphatic carbocycles. The molecule has 0 aliphatic heterocycles. The van der Waals surface area contributed by atoms with Gasteiger partial charge in [-0.2, -0.15) is 4.98 Å². The number of aromatic nitrogens is 2. The van der Waals surface area contributed by atoms with E-state index in [1.54, 1.807) is 0 Å². The average molecular weight is 153 g/mol. The summed E-state index contributed by atoms with van der Waals surface area (Å²) < 4.78 is 0. The molecule has 0 saturated carbocycles. The maximum Gasteiger partial charge on any atom is 0.221 e. The maximum absolute atomic E-state index is 8.14. The van der Waals surface area contributed by atoms with Crippen molar-refractivity contribution in [1.82, 2.24) is 9.97 Å². The fourth-order valence-corrected chi connectivity index (χ4v) is 0.580. The number of nitrogens with zero attached hydrogens (tertiary/aromatic N) is 3. The lowest BCUT2D eigenvalue weighted by molar-refractivity contribution is 0.322. The summed E-state index contributed by atoms with van der Waals surface area (Å²) in [5.74, 6) is 0.285. The van der Waals surface area contributed by atoms with Gasteiger partial charge in [-0.05, 0) is 0 Å². The second-order valence-electron chi connectivity index (χ2n) is 1.81. The third-order valence-corrected chi connectivity index (χ3v) is 1.06. The highest BCUT2D eigenvalue weighted by atomic mass is 16.4. The third kappa shape index (κ3) is 1.54. The van der Waals surface area contributed by atoms with Crippen LogP contribution in [0.5, 0.6) is 0 Å². The average Bonchev–Trinajstić information content (AvgIpc) is 1.95. The lowest BCUT2D eigenvalue weighted by atomic mass is 10.3. The fourth-order valence-electron chi connectivity index (χ4n) is 0.580. The number of oxime groups is 1. The molecule has 0 saturated heterocycles. The van der Waals surface area contributed by atoms with E-state index in [0.29, 0.717) is 5.56 Å². The van der Waals surface area contributed by atoms with Crippen LogP contribution in [0.15, 0.2) is 11.4 Å². The van der Waals surface area contributed by atoms with E-state index in [-0.39, 0.29) is 11.8 Å². The summed E-state index contributed by atoms with van der Waals surface area (Å²) in [5.41, 5.74) is 11.0. The van der Waals surface area contributed by atoms with E-state index in [9.17, 15) is 0 Å². The molecule has 1 aromatic heterocycles. The Labute approximate surface area is 62.6 Å². The van der Waals surface area contributed by atoms with Gasteiger partial charge in [-0.1, -0.05) is 5.16 Å². The Morgan fingerprint density at radius 3 is 2.82 bits per heavy atom. The third-order valence-electron chi connectivity index (χ3n) is 1.06. The molecule has 5 N–H and O–H groups in total. The van der Waals surface area contributed by atoms with E-state index < -0.39 is 0 Å². The summed E-state index contributed by atoms with van der Waals surface area (Å²) >= 11 is 0. The van der Waals surface area contributed by atoms with Crippen molar-refractivity contribution in [3.63, 3.8) is 0 Å². The van der Waals surface area contributed by atoms with E-state index in [1.165, 1.54) is 6.20 Å². The zero-order chi connectivity index (χ0) is 8.27. The van der Waals surface area contributed by atoms with Crippen molar-refractivity contribution in [1.29, 1.82) is 0 Å². The maximum atomic E-state index is 8.14. The molecule has 0 atom stereocenters. The number of anilines is 2. The smallest absolute Gasteiger partial charge is 0.221 e. The molecule has 1 rings (SSSR count). The van der Waals surface area contributed by atoms with Gasteiger partial charge in [0.1, 0.15) is 5.82 Å². The van der Waals surface area contributed by atoms with Gasteiger partial charge in [0.25, 0.3) is 0 Å². The standard InChI is InChI=1S/C5H7N5O/c6-4-3(2-9-11)1-8-5(7)10-4/h1-2,11H,(H4,6,7,8,10). The van der Waals surface area contributed by atoms with Crippen molar-refractivity contribution in [3.05, 3.63) is 11.8 Å². The Hall–Kier alpha value is -1.85. The lowest BCUT2D eigenvalue weighted by Crippen LogP contribution is -2.02. The zero-order valence-corrected chi connectivity index (χ0v) is 5.60. The van der Waals surface area contributed by atoms with Gasteiger partial charge in [0.15, 0.2) is 0 Å². The molecule has 1 aromatic rings. The van der Waals surface area contributed by atoms with Crippen molar-refractivity contribution in [2.24, 2.45) is 5.16 Å². The molecule has 0 unspecified atom stereocenters. The number of nitrogens with two attached hydrogens (primary N) is 2. The van der Waals surface area contributed by atoms with Crippen LogP contribution < -0.4 is 11.5 Å². The van der Waals surface area contributed by atoms with E-state index in [1.807, 2.05) is 0 Å². The van der Waals surface area contributed by atoms with Crippen LogP contribution >= 0.6 is 0 Å². The van der Waals surface area contributed by atoms with Gasteiger partial charge >= 0.3 is 0 Å². The predicted octanol–water partition coefficient (Wildman–Crippen LogP) is -0.551. The molecule has 0 aromatic carbocycles. The first kappa shape index (κ1) is 7.26. The first-order valence-corrected chi connectivity index (χ1v) is 2.79. The van der Waals surface area contributed by atoms with Gasteiger partial charge in [0.05, 0.1) is 11.8 Å². The van der Waals surface area contributed by atoms with Crippen LogP contribution in [0.3, 0.4) is 0 Å². The predicted molar refractivity (Wildman–Crippen MR) is 40.2 cm³/mol. The SMILES string of the molecule is Nc1ncc(C=NO)c(N)n1. The van der Waals surface area contributed by atoms with Crippen LogP contribution in [-0.4, -0.2) is 21.4 Å². The van der Waals surface area contributed by atoms with Crippen molar-refractivity contribution in [2.75, 3.05) is 11.5 Å². The topological polar surface area (TPSA) is 110 Å². The number of rotatable bonds is 1. The number of hydrogen-bond acceptors (Lipinski definition) is 6. The summed E-state index contributed by atoms with van der Waals surface area (Å²) in [5, 5.41) is 10.9. The van der Waals surface area contributed by atoms with Gasteiger partial charge in [0.2, 0.25) is 5.95 Å². The normalized spacial score (nSPS) is 10.5. The van der Waals surface area contributed by atoms with Crippen LogP contribution in [0, 0.1) is 0 Å². The Kier molecular flexibility index (Phi) is 1.86. The van der Waals surface area contributed by atoms with Crippen molar-refractivity contribution in [2.45, 2.75) is 0 Å². The Balaban J connectivity index is 3.09. The second-order valence-corrected chi connectivity index (χ2v) is 1.81. The van der Waals surface area contributed by atoms with Crippen LogP contribution in [0.25, 0.3) is 0 Å². The fraction of sp³-hybridized carbons (Fsp3) is 0. The van der Waals surface area contributed by atoms with Crippen LogP contribution in [0.4, 0.5) is 11.8 Å². The minimum absolute atomic E-state index is 0.0950. The summed E-state index contributed by atoms with van der Waals surface area (Å²) in [6.07, 6.45) is 2.51. The first-order chi connectivity index (χ1) is 5.24. The summed E-state index contributed by atoms with van der Waals surface area (Å²) in [6.45, 7) is 0. The molecule has 0 amide bonds. The van der Waals surface area contributed by atoms with Crippen LogP contribution in [-0.2, 0) is 0 Å². The Morgan fingerprint density at radius 1 is 1.55 bits per heavy atom. The molecule has 11 heavy (non-hydrogen) atoms. The minimum Gasteiger partial charge on any atom is -0.411 e. The quantitative estimate of drug-likeness (QED) is 0.285. The Bertz CT molecular complexity index is 284. The lowest BCUT2D eigenvalue weighted by Gasteiger charge is -1.96. The molecular weight excluding hydrogens is 146 g/mol. The molecule has 58 valence electrons. The summed E-state index contributed by atoms with van der Waals surface area (Å²) in [4.78, 5) is 7.28. The van der Waals surface area contributed by atoms with E-state index in [0.717, 1.165) is 6.21 Å². The molecule has 0 bridgehead atoms. The molecule has 0 spiro atoms. The van der Waals surface area contributed by atoms with Crippen LogP contribution in [0.1, 0.15) is 5.56 Å². The molecular formula is C5H7N5O. The van der Waals surface area contributed by atoms with Gasteiger partial charge < -0.3 is 16.7 Å². The highest BCUT2D eigenvalue weighted by Gasteiger charge is 1.97. The number of hydrogen-bond donors (Lipinski definition) is 3. The summed E-state index contributed by atoms with van der Waals surface area (Å²) in [7, 11) is 0. The van der Waals surface area contributed by atoms with Gasteiger partial charge in [-0.25, -0.2) is 4.98 Å². The van der Waals surface area contributed by atoms with Gasteiger partial charge in [-0.15, -0.1) is 0 Å². The molecule has 0 aliphatic rings. The molecule has 1 heterocycles. The monoisotopic (exact) mass is 153 g/mol. The Morgan fingerprint density at radius 2 is 2.27 bits per heavy atom. The molecule has 6 heteroatoms. The van der Waals surface area contributed by atoms with Crippen molar-refractivity contribution >= 4 is 18.0 Å². The van der Waals surface area contributed by atoms with Gasteiger partial charge in [-0.3, -0.25) is 0 Å². The highest BCUT2D eigenvalue weighted by Crippen LogP contribution is 2.04. The summed E-state index contributed by atoms with van der Waals surface area (Å²) in [6, 6.07) is 0. The molecule has 6 nitrogen and oxygen atoms in total. The highest BCUT2D eigenvalue weighted by molar-refractivity contribution is 5.84. The van der Waals surface area contributed by atoms with Crippen LogP contribution in [0.2, 0.25) is 0 Å². The minimum atomic E-state index is 0.0950. The van der Waals surface area contributed by atoms with Gasteiger partial charge in [0, 0.05) is 6.20 Å². The first-order valence-electron chi connectivity index (χ1n) is 2.79. The van der Waals surface area contributed by atoms with Crippen molar-refractivity contribution < 1.29 is 5.21 Å². The molecule has 0 fully saturated rings. The molecule has 0 radical (unpaired) electrons. The second kappa shape index (κ2) is 2.82. The van der Waals surface area contributed by atoms with E-state index >= 15 is 0 Å². The number of nitrogen functional groups attached to an aromatic ring is 2. The van der Waals surface area contributed by atoms with E-state index in [4.69, 9.17) is 16.7 Å². The van der Waals surface area contributed by atoms with E-state index in [2.05, 4.69) is 15.1 Å². The zero-order valence-electron chi connectivity index (χ0n) is 5.60. The largest absolute Gasteiger partial charge is 0.411 e. The van der Waals surface area contributed by atoms with Crippen molar-refractivity contribution in [3.8, 4) is 0 Å².